The van der Waals surface area contributed by atoms with Gasteiger partial charge in [0.25, 0.3) is 0 Å². The third-order valence-electron chi connectivity index (χ3n) is 2.71. The molecule has 0 radical (unpaired) electrons. The smallest absolute Gasteiger partial charge is 0.130 e. The summed E-state index contributed by atoms with van der Waals surface area (Å²) in [6.45, 7) is 4.12. The molecule has 0 unspecified atom stereocenters. The highest BCUT2D eigenvalue weighted by Crippen LogP contribution is 2.26. The molecule has 0 N–H and O–H groups in total. The molecule has 1 aromatic carbocycles. The molecule has 17 heavy (non-hydrogen) atoms. The third kappa shape index (κ3) is 2.77. The molecule has 0 bridgehead atoms. The summed E-state index contributed by atoms with van der Waals surface area (Å²) in [6.07, 6.45) is 1.71. The molecule has 88 valence electrons. The molecule has 0 amide bonds. The van der Waals surface area contributed by atoms with Crippen LogP contribution in [0.3, 0.4) is 0 Å². The summed E-state index contributed by atoms with van der Waals surface area (Å²) in [6, 6.07) is 9.70. The summed E-state index contributed by atoms with van der Waals surface area (Å²) < 4.78 is 5.83. The van der Waals surface area contributed by atoms with E-state index in [0.717, 1.165) is 22.8 Å². The number of aryl methyl sites for hydroxylation is 1. The van der Waals surface area contributed by atoms with E-state index >= 15 is 0 Å². The Bertz CT molecular complexity index is 525. The van der Waals surface area contributed by atoms with Crippen LogP contribution in [0.5, 0.6) is 11.5 Å². The predicted molar refractivity (Wildman–Crippen MR) is 69.8 cm³/mol. The minimum Gasteiger partial charge on any atom is -0.457 e. The molecule has 2 aromatic rings. The van der Waals surface area contributed by atoms with Gasteiger partial charge >= 0.3 is 0 Å². The fourth-order valence-electron chi connectivity index (χ4n) is 1.55. The molecule has 0 aliphatic heterocycles. The minimum absolute atomic E-state index is 0.393. The Morgan fingerprint density at radius 1 is 1.24 bits per heavy atom. The highest BCUT2D eigenvalue weighted by atomic mass is 35.5. The van der Waals surface area contributed by atoms with E-state index in [9.17, 15) is 0 Å². The van der Waals surface area contributed by atoms with Crippen LogP contribution in [0, 0.1) is 13.8 Å². The molecule has 0 saturated heterocycles. The van der Waals surface area contributed by atoms with E-state index in [4.69, 9.17) is 16.3 Å². The van der Waals surface area contributed by atoms with Crippen molar-refractivity contribution < 1.29 is 4.74 Å². The van der Waals surface area contributed by atoms with E-state index in [0.29, 0.717) is 5.88 Å². The number of hydrogen-bond donors (Lipinski definition) is 0. The number of hydrogen-bond acceptors (Lipinski definition) is 2. The molecule has 1 heterocycles. The van der Waals surface area contributed by atoms with Crippen molar-refractivity contribution in [2.45, 2.75) is 19.7 Å². The van der Waals surface area contributed by atoms with Gasteiger partial charge in [-0.3, -0.25) is 4.98 Å². The highest BCUT2D eigenvalue weighted by molar-refractivity contribution is 6.16. The van der Waals surface area contributed by atoms with Crippen LogP contribution < -0.4 is 4.74 Å². The third-order valence-corrected chi connectivity index (χ3v) is 2.98. The Morgan fingerprint density at radius 3 is 2.82 bits per heavy atom. The van der Waals surface area contributed by atoms with Gasteiger partial charge in [0.2, 0.25) is 0 Å². The fraction of sp³-hybridized carbons (Fsp3) is 0.214. The Kier molecular flexibility index (Phi) is 3.64. The molecule has 0 fully saturated rings. The van der Waals surface area contributed by atoms with Gasteiger partial charge in [-0.05, 0) is 37.1 Å². The van der Waals surface area contributed by atoms with E-state index in [-0.39, 0.29) is 0 Å². The van der Waals surface area contributed by atoms with Crippen LogP contribution in [0.25, 0.3) is 0 Å². The van der Waals surface area contributed by atoms with Crippen molar-refractivity contribution in [1.82, 2.24) is 4.98 Å². The Morgan fingerprint density at radius 2 is 2.06 bits per heavy atom. The molecular formula is C14H14ClNO. The number of nitrogens with zero attached hydrogens (tertiary/aromatic N) is 1. The highest BCUT2D eigenvalue weighted by Gasteiger charge is 2.04. The Hall–Kier alpha value is -1.54. The number of aromatic nitrogens is 1. The van der Waals surface area contributed by atoms with Gasteiger partial charge in [-0.2, -0.15) is 0 Å². The van der Waals surface area contributed by atoms with Crippen molar-refractivity contribution in [3.8, 4) is 11.5 Å². The van der Waals surface area contributed by atoms with Crippen LogP contribution in [-0.4, -0.2) is 4.98 Å². The molecule has 3 heteroatoms. The lowest BCUT2D eigenvalue weighted by Gasteiger charge is -2.10. The first-order chi connectivity index (χ1) is 8.20. The number of rotatable bonds is 3. The maximum absolute atomic E-state index is 5.83. The number of halogens is 1. The number of pyridine rings is 1. The zero-order chi connectivity index (χ0) is 12.3. The molecule has 2 rings (SSSR count). The maximum atomic E-state index is 5.83. The summed E-state index contributed by atoms with van der Waals surface area (Å²) >= 11 is 5.74. The van der Waals surface area contributed by atoms with Crippen molar-refractivity contribution in [2.75, 3.05) is 0 Å². The first-order valence-corrected chi connectivity index (χ1v) is 5.99. The zero-order valence-corrected chi connectivity index (χ0v) is 10.7. The van der Waals surface area contributed by atoms with E-state index in [1.807, 2.05) is 31.2 Å². The summed E-state index contributed by atoms with van der Waals surface area (Å²) in [5, 5.41) is 0. The molecule has 0 aliphatic rings. The van der Waals surface area contributed by atoms with Gasteiger partial charge in [-0.15, -0.1) is 11.6 Å². The summed E-state index contributed by atoms with van der Waals surface area (Å²) in [5.41, 5.74) is 3.18. The maximum Gasteiger partial charge on any atom is 0.130 e. The van der Waals surface area contributed by atoms with Crippen LogP contribution in [0.1, 0.15) is 16.8 Å². The van der Waals surface area contributed by atoms with E-state index in [2.05, 4.69) is 18.0 Å². The molecule has 2 nitrogen and oxygen atoms in total. The van der Waals surface area contributed by atoms with Gasteiger partial charge in [0, 0.05) is 12.3 Å². The van der Waals surface area contributed by atoms with E-state index in [1.54, 1.807) is 6.20 Å². The topological polar surface area (TPSA) is 22.1 Å². The van der Waals surface area contributed by atoms with E-state index in [1.165, 1.54) is 5.56 Å². The molecule has 0 atom stereocenters. The van der Waals surface area contributed by atoms with Gasteiger partial charge < -0.3 is 4.74 Å². The number of benzene rings is 1. The average Bonchev–Trinajstić information content (AvgIpc) is 2.35. The quantitative estimate of drug-likeness (QED) is 0.758. The first kappa shape index (κ1) is 11.9. The average molecular weight is 248 g/mol. The van der Waals surface area contributed by atoms with Gasteiger partial charge in [0.05, 0.1) is 11.6 Å². The van der Waals surface area contributed by atoms with Crippen LogP contribution in [0.2, 0.25) is 0 Å². The largest absolute Gasteiger partial charge is 0.457 e. The first-order valence-electron chi connectivity index (χ1n) is 5.45. The standard InChI is InChI=1S/C14H14ClNO/c1-10-4-3-5-14(11(10)2)17-13-6-7-16-12(8-13)9-15/h3-8H,9H2,1-2H3. The zero-order valence-electron chi connectivity index (χ0n) is 9.90. The second kappa shape index (κ2) is 5.19. The fourth-order valence-corrected chi connectivity index (χ4v) is 1.70. The monoisotopic (exact) mass is 247 g/mol. The predicted octanol–water partition coefficient (Wildman–Crippen LogP) is 4.23. The van der Waals surface area contributed by atoms with Crippen LogP contribution in [0.15, 0.2) is 36.5 Å². The minimum atomic E-state index is 0.393. The van der Waals surface area contributed by atoms with Crippen LogP contribution in [-0.2, 0) is 5.88 Å². The lowest BCUT2D eigenvalue weighted by molar-refractivity contribution is 0.477. The lowest BCUT2D eigenvalue weighted by Crippen LogP contribution is -1.91. The Balaban J connectivity index is 2.28. The summed E-state index contributed by atoms with van der Waals surface area (Å²) in [4.78, 5) is 4.13. The van der Waals surface area contributed by atoms with Crippen LogP contribution >= 0.6 is 11.6 Å². The van der Waals surface area contributed by atoms with Gasteiger partial charge in [0.15, 0.2) is 0 Å². The normalized spacial score (nSPS) is 10.3. The second-order valence-corrected chi connectivity index (χ2v) is 4.18. The number of alkyl halides is 1. The van der Waals surface area contributed by atoms with Crippen molar-refractivity contribution in [1.29, 1.82) is 0 Å². The van der Waals surface area contributed by atoms with Crippen molar-refractivity contribution in [3.05, 3.63) is 53.3 Å². The van der Waals surface area contributed by atoms with Crippen molar-refractivity contribution in [2.24, 2.45) is 0 Å². The molecule has 0 aliphatic carbocycles. The second-order valence-electron chi connectivity index (χ2n) is 3.92. The van der Waals surface area contributed by atoms with Gasteiger partial charge in [-0.25, -0.2) is 0 Å². The van der Waals surface area contributed by atoms with Crippen molar-refractivity contribution >= 4 is 11.6 Å². The van der Waals surface area contributed by atoms with E-state index < -0.39 is 0 Å². The van der Waals surface area contributed by atoms with Gasteiger partial charge in [-0.1, -0.05) is 12.1 Å². The summed E-state index contributed by atoms with van der Waals surface area (Å²) in [5.74, 6) is 2.03. The Labute approximate surface area is 106 Å². The van der Waals surface area contributed by atoms with Gasteiger partial charge in [0.1, 0.15) is 11.5 Å². The lowest BCUT2D eigenvalue weighted by atomic mass is 10.1. The molecule has 1 aromatic heterocycles. The SMILES string of the molecule is Cc1cccc(Oc2ccnc(CCl)c2)c1C. The molecular weight excluding hydrogens is 234 g/mol. The number of ether oxygens (including phenoxy) is 1. The van der Waals surface area contributed by atoms with Crippen molar-refractivity contribution in [3.63, 3.8) is 0 Å². The molecule has 0 spiro atoms. The molecule has 0 saturated carbocycles. The summed E-state index contributed by atoms with van der Waals surface area (Å²) in [7, 11) is 0. The van der Waals surface area contributed by atoms with Crippen LogP contribution in [0.4, 0.5) is 0 Å².